The SMILES string of the molecule is CCCC1CCC(NCc2cnc(C(C)(C)C)s2)CC1. The molecule has 0 saturated heterocycles. The number of nitrogens with zero attached hydrogens (tertiary/aromatic N) is 1. The van der Waals surface area contributed by atoms with E-state index in [0.717, 1.165) is 18.5 Å². The Hall–Kier alpha value is -0.410. The van der Waals surface area contributed by atoms with E-state index in [1.165, 1.54) is 48.4 Å². The third-order valence-electron chi connectivity index (χ3n) is 4.30. The summed E-state index contributed by atoms with van der Waals surface area (Å²) < 4.78 is 0. The van der Waals surface area contributed by atoms with Gasteiger partial charge in [0.1, 0.15) is 0 Å². The zero-order valence-electron chi connectivity index (χ0n) is 13.5. The number of hydrogen-bond acceptors (Lipinski definition) is 3. The van der Waals surface area contributed by atoms with Crippen LogP contribution in [0.4, 0.5) is 0 Å². The molecule has 0 amide bonds. The van der Waals surface area contributed by atoms with Crippen LogP contribution in [0.25, 0.3) is 0 Å². The first-order valence-corrected chi connectivity index (χ1v) is 8.99. The minimum Gasteiger partial charge on any atom is -0.309 e. The van der Waals surface area contributed by atoms with Gasteiger partial charge in [-0.3, -0.25) is 0 Å². The Bertz CT molecular complexity index is 397. The topological polar surface area (TPSA) is 24.9 Å². The molecule has 0 unspecified atom stereocenters. The molecular weight excluding hydrogens is 264 g/mol. The maximum Gasteiger partial charge on any atom is 0.0981 e. The highest BCUT2D eigenvalue weighted by Gasteiger charge is 2.21. The molecule has 0 aromatic carbocycles. The second-order valence-electron chi connectivity index (χ2n) is 7.27. The number of hydrogen-bond donors (Lipinski definition) is 1. The summed E-state index contributed by atoms with van der Waals surface area (Å²) in [5.41, 5.74) is 0.182. The first kappa shape index (κ1) is 16.0. The van der Waals surface area contributed by atoms with Gasteiger partial charge in [-0.15, -0.1) is 11.3 Å². The molecule has 20 heavy (non-hydrogen) atoms. The molecule has 0 aliphatic heterocycles. The predicted molar refractivity (Wildman–Crippen MR) is 88.3 cm³/mol. The third-order valence-corrected chi connectivity index (χ3v) is 5.73. The molecule has 2 nitrogen and oxygen atoms in total. The largest absolute Gasteiger partial charge is 0.309 e. The van der Waals surface area contributed by atoms with E-state index in [1.54, 1.807) is 0 Å². The highest BCUT2D eigenvalue weighted by atomic mass is 32.1. The van der Waals surface area contributed by atoms with Crippen molar-refractivity contribution in [1.29, 1.82) is 0 Å². The van der Waals surface area contributed by atoms with E-state index in [4.69, 9.17) is 0 Å². The van der Waals surface area contributed by atoms with Gasteiger partial charge < -0.3 is 5.32 Å². The predicted octanol–water partition coefficient (Wildman–Crippen LogP) is 4.89. The van der Waals surface area contributed by atoms with E-state index in [0.29, 0.717) is 0 Å². The Balaban J connectivity index is 1.75. The van der Waals surface area contributed by atoms with Crippen LogP contribution in [0.2, 0.25) is 0 Å². The maximum atomic E-state index is 4.57. The Morgan fingerprint density at radius 3 is 2.50 bits per heavy atom. The molecule has 1 N–H and O–H groups in total. The summed E-state index contributed by atoms with van der Waals surface area (Å²) in [5.74, 6) is 0.994. The summed E-state index contributed by atoms with van der Waals surface area (Å²) in [5, 5.41) is 4.99. The van der Waals surface area contributed by atoms with Crippen LogP contribution in [0.3, 0.4) is 0 Å². The van der Waals surface area contributed by atoms with Gasteiger partial charge in [-0.05, 0) is 31.6 Å². The van der Waals surface area contributed by atoms with Crippen LogP contribution in [-0.4, -0.2) is 11.0 Å². The van der Waals surface area contributed by atoms with E-state index in [-0.39, 0.29) is 5.41 Å². The maximum absolute atomic E-state index is 4.57. The lowest BCUT2D eigenvalue weighted by Gasteiger charge is -2.28. The van der Waals surface area contributed by atoms with Crippen molar-refractivity contribution in [1.82, 2.24) is 10.3 Å². The second kappa shape index (κ2) is 7.04. The lowest BCUT2D eigenvalue weighted by atomic mass is 9.83. The van der Waals surface area contributed by atoms with Gasteiger partial charge in [0.15, 0.2) is 0 Å². The number of aromatic nitrogens is 1. The molecule has 1 heterocycles. The Morgan fingerprint density at radius 2 is 1.95 bits per heavy atom. The molecule has 1 aliphatic rings. The minimum atomic E-state index is 0.182. The van der Waals surface area contributed by atoms with Crippen LogP contribution in [0.15, 0.2) is 6.20 Å². The van der Waals surface area contributed by atoms with Crippen LogP contribution < -0.4 is 5.32 Å². The summed E-state index contributed by atoms with van der Waals surface area (Å²) in [6.07, 6.45) is 10.4. The summed E-state index contributed by atoms with van der Waals surface area (Å²) in [6, 6.07) is 0.725. The van der Waals surface area contributed by atoms with Gasteiger partial charge in [0, 0.05) is 29.1 Å². The van der Waals surface area contributed by atoms with Crippen molar-refractivity contribution in [3.8, 4) is 0 Å². The van der Waals surface area contributed by atoms with Gasteiger partial charge >= 0.3 is 0 Å². The molecule has 3 heteroatoms. The van der Waals surface area contributed by atoms with Gasteiger partial charge in [-0.1, -0.05) is 40.5 Å². The highest BCUT2D eigenvalue weighted by Crippen LogP contribution is 2.29. The molecular formula is C17H30N2S. The van der Waals surface area contributed by atoms with Gasteiger partial charge in [0.05, 0.1) is 5.01 Å². The standard InChI is InChI=1S/C17H30N2S/c1-5-6-13-7-9-14(10-8-13)18-11-15-12-19-16(20-15)17(2,3)4/h12-14,18H,5-11H2,1-4H3. The average Bonchev–Trinajstić information content (AvgIpc) is 2.87. The van der Waals surface area contributed by atoms with Crippen molar-refractivity contribution < 1.29 is 0 Å². The molecule has 1 aromatic heterocycles. The van der Waals surface area contributed by atoms with Crippen molar-refractivity contribution in [2.45, 2.75) is 84.2 Å². The molecule has 0 radical (unpaired) electrons. The summed E-state index contributed by atoms with van der Waals surface area (Å²) in [7, 11) is 0. The molecule has 1 aromatic rings. The molecule has 0 spiro atoms. The smallest absolute Gasteiger partial charge is 0.0981 e. The Morgan fingerprint density at radius 1 is 1.25 bits per heavy atom. The summed E-state index contributed by atoms with van der Waals surface area (Å²) >= 11 is 1.86. The van der Waals surface area contributed by atoms with Crippen molar-refractivity contribution in [2.75, 3.05) is 0 Å². The molecule has 0 bridgehead atoms. The van der Waals surface area contributed by atoms with Gasteiger partial charge in [0.25, 0.3) is 0 Å². The molecule has 1 saturated carbocycles. The van der Waals surface area contributed by atoms with E-state index in [2.05, 4.69) is 44.2 Å². The van der Waals surface area contributed by atoms with Crippen molar-refractivity contribution in [3.05, 3.63) is 16.1 Å². The zero-order chi connectivity index (χ0) is 14.6. The van der Waals surface area contributed by atoms with Crippen molar-refractivity contribution in [3.63, 3.8) is 0 Å². The number of rotatable bonds is 5. The molecule has 0 atom stereocenters. The third kappa shape index (κ3) is 4.56. The molecule has 1 fully saturated rings. The number of thiazole rings is 1. The van der Waals surface area contributed by atoms with Crippen molar-refractivity contribution in [2.24, 2.45) is 5.92 Å². The van der Waals surface area contributed by atoms with E-state index in [1.807, 2.05) is 11.3 Å². The zero-order valence-corrected chi connectivity index (χ0v) is 14.4. The number of nitrogens with one attached hydrogen (secondary N) is 1. The first-order chi connectivity index (χ1) is 9.49. The lowest BCUT2D eigenvalue weighted by Crippen LogP contribution is -2.32. The van der Waals surface area contributed by atoms with Crippen LogP contribution in [0.1, 0.15) is 76.1 Å². The molecule has 2 rings (SSSR count). The Labute approximate surface area is 128 Å². The first-order valence-electron chi connectivity index (χ1n) is 8.17. The van der Waals surface area contributed by atoms with E-state index >= 15 is 0 Å². The average molecular weight is 295 g/mol. The minimum absolute atomic E-state index is 0.182. The summed E-state index contributed by atoms with van der Waals surface area (Å²) in [4.78, 5) is 5.95. The Kier molecular flexibility index (Phi) is 5.62. The fourth-order valence-electron chi connectivity index (χ4n) is 3.04. The fraction of sp³-hybridized carbons (Fsp3) is 0.824. The fourth-order valence-corrected chi connectivity index (χ4v) is 3.97. The van der Waals surface area contributed by atoms with Gasteiger partial charge in [0.2, 0.25) is 0 Å². The van der Waals surface area contributed by atoms with E-state index in [9.17, 15) is 0 Å². The van der Waals surface area contributed by atoms with Crippen LogP contribution in [-0.2, 0) is 12.0 Å². The monoisotopic (exact) mass is 294 g/mol. The molecule has 1 aliphatic carbocycles. The highest BCUT2D eigenvalue weighted by molar-refractivity contribution is 7.11. The van der Waals surface area contributed by atoms with Gasteiger partial charge in [-0.2, -0.15) is 0 Å². The quantitative estimate of drug-likeness (QED) is 0.836. The lowest BCUT2D eigenvalue weighted by molar-refractivity contribution is 0.278. The molecule has 114 valence electrons. The van der Waals surface area contributed by atoms with Crippen LogP contribution >= 0.6 is 11.3 Å². The van der Waals surface area contributed by atoms with E-state index < -0.39 is 0 Å². The van der Waals surface area contributed by atoms with Gasteiger partial charge in [-0.25, -0.2) is 4.98 Å². The normalized spacial score (nSPS) is 24.0. The van der Waals surface area contributed by atoms with Crippen LogP contribution in [0, 0.1) is 5.92 Å². The van der Waals surface area contributed by atoms with Crippen molar-refractivity contribution >= 4 is 11.3 Å². The second-order valence-corrected chi connectivity index (χ2v) is 8.38. The van der Waals surface area contributed by atoms with Crippen LogP contribution in [0.5, 0.6) is 0 Å². The summed E-state index contributed by atoms with van der Waals surface area (Å²) in [6.45, 7) is 10.0.